The molecule has 0 aromatic heterocycles. The van der Waals surface area contributed by atoms with Crippen molar-refractivity contribution in [1.82, 2.24) is 0 Å². The zero-order valence-corrected chi connectivity index (χ0v) is 15.4. The number of benzene rings is 1. The van der Waals surface area contributed by atoms with Gasteiger partial charge in [0.2, 0.25) is 0 Å². The van der Waals surface area contributed by atoms with E-state index in [9.17, 15) is 0 Å². The average molecular weight is 338 g/mol. The van der Waals surface area contributed by atoms with Crippen molar-refractivity contribution >= 4 is 44.3 Å². The van der Waals surface area contributed by atoms with Gasteiger partial charge < -0.3 is 0 Å². The maximum atomic E-state index is 6.49. The summed E-state index contributed by atoms with van der Waals surface area (Å²) in [6.45, 7) is 4.44. The van der Waals surface area contributed by atoms with E-state index >= 15 is 0 Å². The highest BCUT2D eigenvalue weighted by Crippen LogP contribution is 2.31. The van der Waals surface area contributed by atoms with E-state index in [1.54, 1.807) is 0 Å². The molecule has 4 heteroatoms. The van der Waals surface area contributed by atoms with E-state index in [0.717, 1.165) is 17.9 Å². The Morgan fingerprint density at radius 1 is 1.11 bits per heavy atom. The molecule has 1 unspecified atom stereocenters. The van der Waals surface area contributed by atoms with Crippen LogP contribution in [0, 0.1) is 0 Å². The number of hydrogen-bond donors (Lipinski definition) is 0. The Morgan fingerprint density at radius 3 is 2.32 bits per heavy atom. The van der Waals surface area contributed by atoms with Crippen LogP contribution in [0.15, 0.2) is 24.3 Å². The second-order valence-corrected chi connectivity index (χ2v) is 11.1. The topological polar surface area (TPSA) is 0 Å². The van der Waals surface area contributed by atoms with Gasteiger partial charge in [0, 0.05) is 5.02 Å². The first-order chi connectivity index (χ1) is 8.94. The van der Waals surface area contributed by atoms with Crippen LogP contribution in [0.2, 0.25) is 5.02 Å². The van der Waals surface area contributed by atoms with Crippen molar-refractivity contribution in [1.29, 1.82) is 0 Å². The lowest BCUT2D eigenvalue weighted by atomic mass is 10.2. The highest BCUT2D eigenvalue weighted by molar-refractivity contribution is 6.73. The molecular formula is C15H23Cl3Si. The predicted octanol–water partition coefficient (Wildman–Crippen LogP) is 5.67. The van der Waals surface area contributed by atoms with Crippen LogP contribution in [0.25, 0.3) is 0 Å². The summed E-state index contributed by atoms with van der Waals surface area (Å²) >= 11 is 18.9. The van der Waals surface area contributed by atoms with Gasteiger partial charge >= 0.3 is 0 Å². The van der Waals surface area contributed by atoms with E-state index in [2.05, 4.69) is 26.0 Å². The number of rotatable bonds is 8. The lowest BCUT2D eigenvalue weighted by molar-refractivity contribution is 0.636. The molecule has 0 radical (unpaired) electrons. The quantitative estimate of drug-likeness (QED) is 0.325. The van der Waals surface area contributed by atoms with Gasteiger partial charge in [-0.25, -0.2) is 0 Å². The van der Waals surface area contributed by atoms with Gasteiger partial charge in [-0.2, -0.15) is 0 Å². The molecule has 0 N–H and O–H groups in total. The number of hydrogen-bond acceptors (Lipinski definition) is 0. The first-order valence-electron chi connectivity index (χ1n) is 7.08. The highest BCUT2D eigenvalue weighted by Gasteiger charge is 2.27. The van der Waals surface area contributed by atoms with Crippen LogP contribution in [0.5, 0.6) is 0 Å². The number of halogens is 3. The third-order valence-corrected chi connectivity index (χ3v) is 7.03. The second-order valence-electron chi connectivity index (χ2n) is 5.32. The van der Waals surface area contributed by atoms with Crippen LogP contribution in [-0.2, 0) is 0 Å². The predicted molar refractivity (Wildman–Crippen MR) is 91.6 cm³/mol. The van der Waals surface area contributed by atoms with Crippen LogP contribution >= 0.6 is 34.8 Å². The van der Waals surface area contributed by atoms with Crippen LogP contribution < -0.4 is 0 Å². The van der Waals surface area contributed by atoms with Gasteiger partial charge in [0.05, 0.1) is 9.52 Å². The van der Waals surface area contributed by atoms with Crippen molar-refractivity contribution in [3.05, 3.63) is 34.9 Å². The van der Waals surface area contributed by atoms with E-state index in [0.29, 0.717) is 5.54 Å². The summed E-state index contributed by atoms with van der Waals surface area (Å²) in [6.07, 6.45) is 5.83. The summed E-state index contributed by atoms with van der Waals surface area (Å²) in [5.74, 6) is 0. The second kappa shape index (κ2) is 8.56. The lowest BCUT2D eigenvalue weighted by Crippen LogP contribution is -2.27. The molecule has 1 rings (SSSR count). The number of alkyl halides is 2. The molecule has 0 aliphatic heterocycles. The fraction of sp³-hybridized carbons (Fsp3) is 0.600. The van der Waals surface area contributed by atoms with Gasteiger partial charge in [-0.05, 0) is 29.7 Å². The Bertz CT molecular complexity index is 362. The Morgan fingerprint density at radius 2 is 1.74 bits per heavy atom. The van der Waals surface area contributed by atoms with Gasteiger partial charge in [-0.1, -0.05) is 63.3 Å². The molecule has 108 valence electrons. The average Bonchev–Trinajstić information content (AvgIpc) is 2.35. The van der Waals surface area contributed by atoms with Crippen molar-refractivity contribution in [3.63, 3.8) is 0 Å². The van der Waals surface area contributed by atoms with E-state index in [1.807, 2.05) is 12.1 Å². The van der Waals surface area contributed by atoms with Crippen molar-refractivity contribution in [2.45, 2.75) is 55.4 Å². The van der Waals surface area contributed by atoms with Gasteiger partial charge in [-0.15, -0.1) is 23.2 Å². The summed E-state index contributed by atoms with van der Waals surface area (Å²) in [5, 5.41) is 0.778. The summed E-state index contributed by atoms with van der Waals surface area (Å²) in [4.78, 5) is 0. The fourth-order valence-electron chi connectivity index (χ4n) is 2.27. The van der Waals surface area contributed by atoms with Gasteiger partial charge in [0.15, 0.2) is 0 Å². The zero-order chi connectivity index (χ0) is 14.3. The molecule has 0 saturated heterocycles. The molecule has 0 spiro atoms. The lowest BCUT2D eigenvalue weighted by Gasteiger charge is -2.23. The van der Waals surface area contributed by atoms with Crippen LogP contribution in [0.4, 0.5) is 0 Å². The summed E-state index contributed by atoms with van der Waals surface area (Å²) in [5.41, 5.74) is 1.79. The Hall–Kier alpha value is 0.307. The van der Waals surface area contributed by atoms with Crippen molar-refractivity contribution < 1.29 is 0 Å². The van der Waals surface area contributed by atoms with Crippen molar-refractivity contribution in [3.8, 4) is 0 Å². The molecule has 0 aliphatic carbocycles. The third-order valence-electron chi connectivity index (χ3n) is 3.44. The van der Waals surface area contributed by atoms with Crippen LogP contribution in [-0.4, -0.2) is 13.5 Å². The molecule has 0 aliphatic rings. The van der Waals surface area contributed by atoms with E-state index in [4.69, 9.17) is 34.8 Å². The summed E-state index contributed by atoms with van der Waals surface area (Å²) in [6, 6.07) is 8.04. The minimum atomic E-state index is -0.593. The van der Waals surface area contributed by atoms with Gasteiger partial charge in [-0.3, -0.25) is 0 Å². The van der Waals surface area contributed by atoms with Crippen LogP contribution in [0.1, 0.15) is 57.1 Å². The molecule has 19 heavy (non-hydrogen) atoms. The Balaban J connectivity index is 2.45. The Kier molecular flexibility index (Phi) is 7.82. The summed E-state index contributed by atoms with van der Waals surface area (Å²) in [7, 11) is -0.593. The normalized spacial score (nSPS) is 14.2. The maximum Gasteiger partial charge on any atom is 0.101 e. The standard InChI is InChI=1S/C15H23Cl3Si/c1-3-4-5-6-11-15(17,18)19-12(2)13-7-9-14(16)10-8-13/h7-10,12H,3-6,11,19H2,1-2H3. The monoisotopic (exact) mass is 336 g/mol. The largest absolute Gasteiger partial charge is 0.106 e. The minimum absolute atomic E-state index is 0.479. The Labute approximate surface area is 134 Å². The highest BCUT2D eigenvalue weighted by atomic mass is 35.5. The first-order valence-corrected chi connectivity index (χ1v) is 9.73. The molecule has 0 nitrogen and oxygen atoms in total. The van der Waals surface area contributed by atoms with Crippen LogP contribution in [0.3, 0.4) is 0 Å². The third kappa shape index (κ3) is 7.03. The van der Waals surface area contributed by atoms with Gasteiger partial charge in [0.1, 0.15) is 3.96 Å². The molecule has 1 atom stereocenters. The fourth-order valence-corrected chi connectivity index (χ4v) is 5.91. The van der Waals surface area contributed by atoms with E-state index in [-0.39, 0.29) is 0 Å². The molecular weight excluding hydrogens is 315 g/mol. The van der Waals surface area contributed by atoms with Gasteiger partial charge in [0.25, 0.3) is 0 Å². The minimum Gasteiger partial charge on any atom is -0.106 e. The van der Waals surface area contributed by atoms with Crippen molar-refractivity contribution in [2.24, 2.45) is 0 Å². The molecule has 1 aromatic carbocycles. The molecule has 1 aromatic rings. The molecule has 0 saturated carbocycles. The molecule has 0 amide bonds. The summed E-state index contributed by atoms with van der Waals surface area (Å²) < 4.78 is -0.479. The molecule has 0 bridgehead atoms. The molecule has 0 heterocycles. The zero-order valence-electron chi connectivity index (χ0n) is 11.8. The number of unbranched alkanes of at least 4 members (excludes halogenated alkanes) is 3. The van der Waals surface area contributed by atoms with E-state index < -0.39 is 13.5 Å². The van der Waals surface area contributed by atoms with Crippen molar-refractivity contribution in [2.75, 3.05) is 0 Å². The SMILES string of the molecule is CCCCCCC(Cl)(Cl)[SiH2]C(C)c1ccc(Cl)cc1. The molecule has 0 fully saturated rings. The smallest absolute Gasteiger partial charge is 0.101 e. The van der Waals surface area contributed by atoms with E-state index in [1.165, 1.54) is 24.8 Å². The maximum absolute atomic E-state index is 6.49. The first kappa shape index (κ1) is 17.4.